The summed E-state index contributed by atoms with van der Waals surface area (Å²) in [5.74, 6) is -1.50. The van der Waals surface area contributed by atoms with E-state index >= 15 is 0 Å². The number of carbonyl (C=O) groups is 2. The fourth-order valence-electron chi connectivity index (χ4n) is 1.10. The van der Waals surface area contributed by atoms with E-state index in [0.29, 0.717) is 11.3 Å². The lowest BCUT2D eigenvalue weighted by molar-refractivity contribution is -0.143. The Morgan fingerprint density at radius 1 is 1.44 bits per heavy atom. The Morgan fingerprint density at radius 3 is 2.56 bits per heavy atom. The molecule has 0 aromatic carbocycles. The molecule has 1 aromatic rings. The van der Waals surface area contributed by atoms with Crippen molar-refractivity contribution in [2.24, 2.45) is 0 Å². The van der Waals surface area contributed by atoms with E-state index in [1.54, 1.807) is 19.1 Å². The molecule has 86 valence electrons. The third kappa shape index (κ3) is 2.79. The Morgan fingerprint density at radius 2 is 2.06 bits per heavy atom. The molecule has 2 N–H and O–H groups in total. The SMILES string of the molecule is Cc1cc(C(=O)NC(C)(C)C(=O)O)ccn1. The smallest absolute Gasteiger partial charge is 0.328 e. The number of aromatic nitrogens is 1. The van der Waals surface area contributed by atoms with Crippen LogP contribution in [0.15, 0.2) is 18.3 Å². The molecule has 16 heavy (non-hydrogen) atoms. The molecule has 5 heteroatoms. The first-order valence-electron chi connectivity index (χ1n) is 4.81. The third-order valence-electron chi connectivity index (χ3n) is 2.12. The molecule has 1 heterocycles. The molecule has 0 aliphatic carbocycles. The second-order valence-corrected chi connectivity index (χ2v) is 4.07. The molecule has 0 spiro atoms. The highest BCUT2D eigenvalue weighted by atomic mass is 16.4. The molecule has 0 bridgehead atoms. The van der Waals surface area contributed by atoms with Crippen molar-refractivity contribution in [3.05, 3.63) is 29.6 Å². The van der Waals surface area contributed by atoms with Crippen LogP contribution in [0, 0.1) is 6.92 Å². The number of hydrogen-bond acceptors (Lipinski definition) is 3. The Kier molecular flexibility index (Phi) is 3.27. The maximum absolute atomic E-state index is 11.7. The first-order valence-corrected chi connectivity index (χ1v) is 4.81. The lowest BCUT2D eigenvalue weighted by Crippen LogP contribution is -2.49. The number of nitrogens with zero attached hydrogens (tertiary/aromatic N) is 1. The summed E-state index contributed by atoms with van der Waals surface area (Å²) in [4.78, 5) is 26.5. The summed E-state index contributed by atoms with van der Waals surface area (Å²) >= 11 is 0. The van der Waals surface area contributed by atoms with E-state index in [0.717, 1.165) is 0 Å². The van der Waals surface area contributed by atoms with Crippen LogP contribution in [0.1, 0.15) is 29.9 Å². The number of rotatable bonds is 3. The van der Waals surface area contributed by atoms with Crippen molar-refractivity contribution in [2.45, 2.75) is 26.3 Å². The number of carboxylic acid groups (broad SMARTS) is 1. The van der Waals surface area contributed by atoms with E-state index < -0.39 is 17.4 Å². The van der Waals surface area contributed by atoms with Crippen molar-refractivity contribution >= 4 is 11.9 Å². The first-order chi connectivity index (χ1) is 7.33. The molecule has 0 saturated carbocycles. The lowest BCUT2D eigenvalue weighted by Gasteiger charge is -2.20. The molecule has 1 aromatic heterocycles. The largest absolute Gasteiger partial charge is 0.480 e. The van der Waals surface area contributed by atoms with E-state index in [2.05, 4.69) is 10.3 Å². The molecule has 0 aliphatic heterocycles. The molecule has 1 rings (SSSR count). The third-order valence-corrected chi connectivity index (χ3v) is 2.12. The van der Waals surface area contributed by atoms with Gasteiger partial charge in [-0.2, -0.15) is 0 Å². The quantitative estimate of drug-likeness (QED) is 0.799. The summed E-state index contributed by atoms with van der Waals surface area (Å²) in [6, 6.07) is 3.15. The highest BCUT2D eigenvalue weighted by Crippen LogP contribution is 2.06. The molecule has 0 aliphatic rings. The van der Waals surface area contributed by atoms with Crippen LogP contribution in [-0.2, 0) is 4.79 Å². The molecular formula is C11H14N2O3. The van der Waals surface area contributed by atoms with Gasteiger partial charge in [0.25, 0.3) is 5.91 Å². The van der Waals surface area contributed by atoms with Crippen LogP contribution in [0.3, 0.4) is 0 Å². The maximum atomic E-state index is 11.7. The molecule has 1 amide bonds. The molecular weight excluding hydrogens is 208 g/mol. The van der Waals surface area contributed by atoms with Crippen molar-refractivity contribution in [1.82, 2.24) is 10.3 Å². The van der Waals surface area contributed by atoms with Crippen molar-refractivity contribution in [1.29, 1.82) is 0 Å². The number of carboxylic acids is 1. The number of pyridine rings is 1. The van der Waals surface area contributed by atoms with Gasteiger partial charge in [0.15, 0.2) is 0 Å². The number of aliphatic carboxylic acids is 1. The van der Waals surface area contributed by atoms with Crippen molar-refractivity contribution < 1.29 is 14.7 Å². The highest BCUT2D eigenvalue weighted by Gasteiger charge is 2.29. The standard InChI is InChI=1S/C11H14N2O3/c1-7-6-8(4-5-12-7)9(14)13-11(2,3)10(15)16/h4-6H,1-3H3,(H,13,14)(H,15,16). The monoisotopic (exact) mass is 222 g/mol. The van der Waals surface area contributed by atoms with Crippen LogP contribution in [0.4, 0.5) is 0 Å². The van der Waals surface area contributed by atoms with Gasteiger partial charge in [-0.3, -0.25) is 9.78 Å². The van der Waals surface area contributed by atoms with Crippen LogP contribution < -0.4 is 5.32 Å². The minimum atomic E-state index is -1.28. The normalized spacial score (nSPS) is 10.9. The summed E-state index contributed by atoms with van der Waals surface area (Å²) in [6.45, 7) is 4.63. The van der Waals surface area contributed by atoms with Crippen LogP contribution in [0.5, 0.6) is 0 Å². The maximum Gasteiger partial charge on any atom is 0.328 e. The fourth-order valence-corrected chi connectivity index (χ4v) is 1.10. The van der Waals surface area contributed by atoms with Gasteiger partial charge in [0.2, 0.25) is 0 Å². The van der Waals surface area contributed by atoms with Crippen molar-refractivity contribution in [2.75, 3.05) is 0 Å². The van der Waals surface area contributed by atoms with E-state index in [4.69, 9.17) is 5.11 Å². The molecule has 5 nitrogen and oxygen atoms in total. The highest BCUT2D eigenvalue weighted by molar-refractivity contribution is 5.97. The number of amides is 1. The number of nitrogens with one attached hydrogen (secondary N) is 1. The second kappa shape index (κ2) is 4.30. The zero-order valence-corrected chi connectivity index (χ0v) is 9.44. The van der Waals surface area contributed by atoms with Crippen LogP contribution in [0.2, 0.25) is 0 Å². The zero-order valence-electron chi connectivity index (χ0n) is 9.44. The van der Waals surface area contributed by atoms with Crippen molar-refractivity contribution in [3.63, 3.8) is 0 Å². The van der Waals surface area contributed by atoms with Gasteiger partial charge in [0.1, 0.15) is 5.54 Å². The Hall–Kier alpha value is -1.91. The number of hydrogen-bond donors (Lipinski definition) is 2. The van der Waals surface area contributed by atoms with E-state index in [-0.39, 0.29) is 0 Å². The minimum Gasteiger partial charge on any atom is -0.480 e. The van der Waals surface area contributed by atoms with Gasteiger partial charge in [0, 0.05) is 17.5 Å². The van der Waals surface area contributed by atoms with E-state index in [1.165, 1.54) is 20.0 Å². The topological polar surface area (TPSA) is 79.3 Å². The van der Waals surface area contributed by atoms with E-state index in [9.17, 15) is 9.59 Å². The lowest BCUT2D eigenvalue weighted by atomic mass is 10.1. The Labute approximate surface area is 93.5 Å². The molecule has 0 fully saturated rings. The first kappa shape index (κ1) is 12.2. The van der Waals surface area contributed by atoms with Gasteiger partial charge in [-0.25, -0.2) is 4.79 Å². The van der Waals surface area contributed by atoms with Gasteiger partial charge in [0.05, 0.1) is 0 Å². The molecule has 0 radical (unpaired) electrons. The summed E-state index contributed by atoms with van der Waals surface area (Å²) in [6.07, 6.45) is 1.51. The zero-order chi connectivity index (χ0) is 12.3. The van der Waals surface area contributed by atoms with Gasteiger partial charge in [-0.05, 0) is 32.9 Å². The Bertz CT molecular complexity index is 427. The molecule has 0 saturated heterocycles. The van der Waals surface area contributed by atoms with E-state index in [1.807, 2.05) is 0 Å². The van der Waals surface area contributed by atoms with Gasteiger partial charge >= 0.3 is 5.97 Å². The predicted octanol–water partition coefficient (Wildman–Crippen LogP) is 0.983. The van der Waals surface area contributed by atoms with Gasteiger partial charge < -0.3 is 10.4 Å². The van der Waals surface area contributed by atoms with Gasteiger partial charge in [-0.15, -0.1) is 0 Å². The predicted molar refractivity (Wildman–Crippen MR) is 58.2 cm³/mol. The summed E-state index contributed by atoms with van der Waals surface area (Å²) < 4.78 is 0. The second-order valence-electron chi connectivity index (χ2n) is 4.07. The summed E-state index contributed by atoms with van der Waals surface area (Å²) in [5.41, 5.74) is -0.170. The average molecular weight is 222 g/mol. The van der Waals surface area contributed by atoms with Crippen molar-refractivity contribution in [3.8, 4) is 0 Å². The number of carbonyl (C=O) groups excluding carboxylic acids is 1. The average Bonchev–Trinajstić information content (AvgIpc) is 2.16. The minimum absolute atomic E-state index is 0.404. The number of aryl methyl sites for hydroxylation is 1. The fraction of sp³-hybridized carbons (Fsp3) is 0.364. The van der Waals surface area contributed by atoms with Crippen LogP contribution >= 0.6 is 0 Å². The van der Waals surface area contributed by atoms with Crippen LogP contribution in [-0.4, -0.2) is 27.5 Å². The molecule has 0 unspecified atom stereocenters. The van der Waals surface area contributed by atoms with Gasteiger partial charge in [-0.1, -0.05) is 0 Å². The summed E-state index contributed by atoms with van der Waals surface area (Å²) in [5, 5.41) is 11.3. The van der Waals surface area contributed by atoms with Crippen LogP contribution in [0.25, 0.3) is 0 Å². The molecule has 0 atom stereocenters. The summed E-state index contributed by atoms with van der Waals surface area (Å²) in [7, 11) is 0. The Balaban J connectivity index is 2.85.